The van der Waals surface area contributed by atoms with E-state index in [1.54, 1.807) is 24.7 Å². The predicted octanol–water partition coefficient (Wildman–Crippen LogP) is 5.75. The van der Waals surface area contributed by atoms with E-state index in [9.17, 15) is 4.79 Å². The molecule has 0 radical (unpaired) electrons. The number of rotatable bonds is 8. The quantitative estimate of drug-likeness (QED) is 0.339. The number of esters is 1. The summed E-state index contributed by atoms with van der Waals surface area (Å²) in [6.45, 7) is 8.41. The molecule has 2 aromatic carbocycles. The second-order valence-corrected chi connectivity index (χ2v) is 6.62. The van der Waals surface area contributed by atoms with Crippen LogP contribution < -0.4 is 4.74 Å². The molecule has 0 amide bonds. The molecular formula is C23H26O4. The zero-order valence-corrected chi connectivity index (χ0v) is 16.3. The van der Waals surface area contributed by atoms with Gasteiger partial charge in [-0.2, -0.15) is 0 Å². The summed E-state index contributed by atoms with van der Waals surface area (Å²) in [6.07, 6.45) is 3.37. The van der Waals surface area contributed by atoms with Crippen molar-refractivity contribution in [3.05, 3.63) is 77.8 Å². The summed E-state index contributed by atoms with van der Waals surface area (Å²) in [5.74, 6) is 0.434. The number of benzene rings is 2. The number of hydrogen-bond donors (Lipinski definition) is 0. The van der Waals surface area contributed by atoms with Crippen LogP contribution in [0.1, 0.15) is 38.1 Å². The molecule has 2 aromatic rings. The number of carbonyl (C=O) groups excluding carboxylic acids is 1. The molecule has 142 valence electrons. The lowest BCUT2D eigenvalue weighted by molar-refractivity contribution is 0.0419. The molecule has 27 heavy (non-hydrogen) atoms. The Morgan fingerprint density at radius 2 is 1.33 bits per heavy atom. The summed E-state index contributed by atoms with van der Waals surface area (Å²) in [4.78, 5) is 12.0. The first-order valence-electron chi connectivity index (χ1n) is 8.88. The van der Waals surface area contributed by atoms with Crippen LogP contribution in [0.3, 0.4) is 0 Å². The van der Waals surface area contributed by atoms with Gasteiger partial charge in [-0.05, 0) is 74.2 Å². The van der Waals surface area contributed by atoms with Crippen molar-refractivity contribution in [3.8, 4) is 16.9 Å². The predicted molar refractivity (Wildman–Crippen MR) is 108 cm³/mol. The average molecular weight is 366 g/mol. The Bertz CT molecular complexity index is 791. The van der Waals surface area contributed by atoms with Gasteiger partial charge in [0.05, 0.1) is 18.1 Å². The Kier molecular flexibility index (Phi) is 7.68. The number of allylic oxidation sites excluding steroid dienone is 2. The molecule has 0 heterocycles. The van der Waals surface area contributed by atoms with Gasteiger partial charge in [0.25, 0.3) is 0 Å². The summed E-state index contributed by atoms with van der Waals surface area (Å²) in [7, 11) is 0. The van der Waals surface area contributed by atoms with Gasteiger partial charge in [-0.15, -0.1) is 0 Å². The first-order valence-corrected chi connectivity index (χ1v) is 8.88. The minimum absolute atomic E-state index is 0.220. The van der Waals surface area contributed by atoms with Crippen LogP contribution in [0.5, 0.6) is 5.75 Å². The third kappa shape index (κ3) is 7.02. The molecule has 0 N–H and O–H groups in total. The van der Waals surface area contributed by atoms with E-state index >= 15 is 0 Å². The van der Waals surface area contributed by atoms with Crippen LogP contribution >= 0.6 is 0 Å². The van der Waals surface area contributed by atoms with Gasteiger partial charge in [0.1, 0.15) is 19.0 Å². The Hall–Kier alpha value is -3.01. The van der Waals surface area contributed by atoms with Crippen LogP contribution in [-0.4, -0.2) is 19.2 Å². The van der Waals surface area contributed by atoms with Gasteiger partial charge in [0.15, 0.2) is 0 Å². The van der Waals surface area contributed by atoms with Crippen molar-refractivity contribution in [1.29, 1.82) is 0 Å². The molecule has 0 aliphatic heterocycles. The van der Waals surface area contributed by atoms with Crippen LogP contribution in [0.25, 0.3) is 11.1 Å². The maximum Gasteiger partial charge on any atom is 0.338 e. The Morgan fingerprint density at radius 3 is 1.89 bits per heavy atom. The van der Waals surface area contributed by atoms with E-state index in [-0.39, 0.29) is 12.6 Å². The second-order valence-electron chi connectivity index (χ2n) is 6.62. The van der Waals surface area contributed by atoms with E-state index in [0.717, 1.165) is 28.0 Å². The van der Waals surface area contributed by atoms with E-state index in [2.05, 4.69) is 0 Å². The normalized spacial score (nSPS) is 9.93. The summed E-state index contributed by atoms with van der Waals surface area (Å²) in [5.41, 5.74) is 4.75. The fourth-order valence-corrected chi connectivity index (χ4v) is 2.20. The first kappa shape index (κ1) is 20.3. The molecule has 0 unspecified atom stereocenters. The highest BCUT2D eigenvalue weighted by molar-refractivity contribution is 5.90. The van der Waals surface area contributed by atoms with Crippen molar-refractivity contribution in [2.24, 2.45) is 0 Å². The van der Waals surface area contributed by atoms with Gasteiger partial charge >= 0.3 is 5.97 Å². The van der Waals surface area contributed by atoms with Gasteiger partial charge in [-0.3, -0.25) is 0 Å². The van der Waals surface area contributed by atoms with E-state index in [1.165, 1.54) is 0 Å². The highest BCUT2D eigenvalue weighted by atomic mass is 16.6. The zero-order valence-electron chi connectivity index (χ0n) is 16.3. The minimum Gasteiger partial charge on any atom is -0.498 e. The highest BCUT2D eigenvalue weighted by Crippen LogP contribution is 2.23. The second kappa shape index (κ2) is 10.2. The Labute approximate surface area is 161 Å². The maximum atomic E-state index is 12.0. The van der Waals surface area contributed by atoms with Crippen molar-refractivity contribution >= 4 is 5.97 Å². The van der Waals surface area contributed by atoms with E-state index in [0.29, 0.717) is 12.2 Å². The fourth-order valence-electron chi connectivity index (χ4n) is 2.20. The standard InChI is InChI=1S/C23H26O4/c1-17(2)15-25-13-14-26-23(24)21-7-5-19(6-8-21)20-9-11-22(12-10-20)27-16-18(3)4/h5-12,15-16H,13-14H2,1-4H3. The third-order valence-corrected chi connectivity index (χ3v) is 3.49. The lowest BCUT2D eigenvalue weighted by Crippen LogP contribution is -2.09. The number of carbonyl (C=O) groups is 1. The smallest absolute Gasteiger partial charge is 0.338 e. The summed E-state index contributed by atoms with van der Waals surface area (Å²) in [5, 5.41) is 0. The monoisotopic (exact) mass is 366 g/mol. The van der Waals surface area contributed by atoms with Crippen LogP contribution in [0.15, 0.2) is 72.2 Å². The van der Waals surface area contributed by atoms with E-state index in [4.69, 9.17) is 14.2 Å². The Morgan fingerprint density at radius 1 is 0.778 bits per heavy atom. The van der Waals surface area contributed by atoms with E-state index in [1.807, 2.05) is 64.1 Å². The van der Waals surface area contributed by atoms with Gasteiger partial charge in [0.2, 0.25) is 0 Å². The number of ether oxygens (including phenoxy) is 3. The van der Waals surface area contributed by atoms with E-state index < -0.39 is 0 Å². The van der Waals surface area contributed by atoms with Crippen molar-refractivity contribution in [3.63, 3.8) is 0 Å². The molecule has 0 spiro atoms. The lowest BCUT2D eigenvalue weighted by Gasteiger charge is -2.07. The number of hydrogen-bond acceptors (Lipinski definition) is 4. The van der Waals surface area contributed by atoms with Crippen molar-refractivity contribution in [1.82, 2.24) is 0 Å². The van der Waals surface area contributed by atoms with Crippen molar-refractivity contribution in [2.75, 3.05) is 13.2 Å². The van der Waals surface area contributed by atoms with Crippen LogP contribution in [-0.2, 0) is 9.47 Å². The molecule has 0 aliphatic rings. The Balaban J connectivity index is 1.91. The van der Waals surface area contributed by atoms with Gasteiger partial charge in [0, 0.05) is 0 Å². The topological polar surface area (TPSA) is 44.8 Å². The molecule has 0 aromatic heterocycles. The van der Waals surface area contributed by atoms with Crippen molar-refractivity contribution in [2.45, 2.75) is 27.7 Å². The van der Waals surface area contributed by atoms with Crippen LogP contribution in [0.2, 0.25) is 0 Å². The fraction of sp³-hybridized carbons (Fsp3) is 0.261. The minimum atomic E-state index is -0.354. The molecular weight excluding hydrogens is 340 g/mol. The largest absolute Gasteiger partial charge is 0.498 e. The molecule has 0 bridgehead atoms. The highest BCUT2D eigenvalue weighted by Gasteiger charge is 2.07. The molecule has 0 saturated carbocycles. The molecule has 0 atom stereocenters. The summed E-state index contributed by atoms with van der Waals surface area (Å²) >= 11 is 0. The van der Waals surface area contributed by atoms with Crippen molar-refractivity contribution < 1.29 is 19.0 Å². The first-order chi connectivity index (χ1) is 13.0. The molecule has 4 heteroatoms. The molecule has 4 nitrogen and oxygen atoms in total. The molecule has 0 fully saturated rings. The third-order valence-electron chi connectivity index (χ3n) is 3.49. The molecule has 0 aliphatic carbocycles. The molecule has 0 saturated heterocycles. The van der Waals surface area contributed by atoms with Gasteiger partial charge in [-0.25, -0.2) is 4.79 Å². The maximum absolute atomic E-state index is 12.0. The van der Waals surface area contributed by atoms with Crippen LogP contribution in [0.4, 0.5) is 0 Å². The zero-order chi connectivity index (χ0) is 19.6. The SMILES string of the molecule is CC(C)=COCCOC(=O)c1ccc(-c2ccc(OC=C(C)C)cc2)cc1. The summed E-state index contributed by atoms with van der Waals surface area (Å²) in [6, 6.07) is 15.2. The van der Waals surface area contributed by atoms with Gasteiger partial charge < -0.3 is 14.2 Å². The summed E-state index contributed by atoms with van der Waals surface area (Å²) < 4.78 is 16.0. The van der Waals surface area contributed by atoms with Gasteiger partial charge in [-0.1, -0.05) is 24.3 Å². The lowest BCUT2D eigenvalue weighted by atomic mass is 10.0. The molecule has 2 rings (SSSR count). The van der Waals surface area contributed by atoms with Crippen LogP contribution in [0, 0.1) is 0 Å². The average Bonchev–Trinajstić information content (AvgIpc) is 2.66.